The Bertz CT molecular complexity index is 835. The number of halogens is 1. The van der Waals surface area contributed by atoms with E-state index >= 15 is 0 Å². The summed E-state index contributed by atoms with van der Waals surface area (Å²) in [5, 5.41) is 13.8. The molecule has 1 saturated carbocycles. The molecule has 1 aromatic carbocycles. The number of carboxylic acid groups (broad SMARTS) is 1. The van der Waals surface area contributed by atoms with Gasteiger partial charge in [-0.2, -0.15) is 10.1 Å². The van der Waals surface area contributed by atoms with Crippen LogP contribution in [0.15, 0.2) is 39.9 Å². The monoisotopic (exact) mass is 418 g/mol. The van der Waals surface area contributed by atoms with Gasteiger partial charge in [0.05, 0.1) is 18.1 Å². The van der Waals surface area contributed by atoms with Gasteiger partial charge in [-0.25, -0.2) is 4.79 Å². The van der Waals surface area contributed by atoms with Gasteiger partial charge in [-0.3, -0.25) is 9.59 Å². The van der Waals surface area contributed by atoms with Crippen LogP contribution in [0.25, 0.3) is 0 Å². The number of ether oxygens (including phenoxy) is 1. The summed E-state index contributed by atoms with van der Waals surface area (Å²) < 4.78 is 5.97. The number of aliphatic carboxylic acids is 1. The van der Waals surface area contributed by atoms with Crippen molar-refractivity contribution in [2.75, 3.05) is 6.61 Å². The Balaban J connectivity index is 1.57. The Hall–Kier alpha value is -2.48. The van der Waals surface area contributed by atoms with E-state index in [-0.39, 0.29) is 35.5 Å². The predicted octanol–water partition coefficient (Wildman–Crippen LogP) is 2.05. The molecule has 1 saturated heterocycles. The fraction of sp³-hybridized carbons (Fsp3) is 0.333. The van der Waals surface area contributed by atoms with Crippen molar-refractivity contribution in [3.63, 3.8) is 0 Å². The third-order valence-corrected chi connectivity index (χ3v) is 5.58. The number of hydrogen-bond acceptors (Lipinski definition) is 5. The van der Waals surface area contributed by atoms with Crippen LogP contribution in [0.1, 0.15) is 12.0 Å². The number of benzene rings is 1. The van der Waals surface area contributed by atoms with Gasteiger partial charge in [-0.1, -0.05) is 28.1 Å². The lowest BCUT2D eigenvalue weighted by Crippen LogP contribution is -2.28. The Morgan fingerprint density at radius 3 is 2.54 bits per heavy atom. The normalized spacial score (nSPS) is 29.0. The number of allylic oxidation sites excluding steroid dienone is 2. The van der Waals surface area contributed by atoms with Crippen molar-refractivity contribution >= 4 is 39.9 Å². The summed E-state index contributed by atoms with van der Waals surface area (Å²) in [6.07, 6.45) is 6.27. The van der Waals surface area contributed by atoms with Crippen molar-refractivity contribution in [3.8, 4) is 5.75 Å². The van der Waals surface area contributed by atoms with E-state index in [0.29, 0.717) is 11.3 Å². The number of carbonyl (C=O) groups excluding carboxylic acids is 2. The summed E-state index contributed by atoms with van der Waals surface area (Å²) in [5.41, 5.74) is 0.472. The molecule has 2 aliphatic carbocycles. The molecule has 1 N–H and O–H groups in total. The molecule has 2 fully saturated rings. The molecule has 0 radical (unpaired) electrons. The minimum absolute atomic E-state index is 0.127. The van der Waals surface area contributed by atoms with Gasteiger partial charge in [0.25, 0.3) is 11.8 Å². The maximum atomic E-state index is 12.6. The first-order chi connectivity index (χ1) is 12.5. The van der Waals surface area contributed by atoms with Crippen molar-refractivity contribution in [1.29, 1.82) is 0 Å². The number of nitrogens with zero attached hydrogens (tertiary/aromatic N) is 2. The first-order valence-corrected chi connectivity index (χ1v) is 8.99. The molecule has 4 rings (SSSR count). The van der Waals surface area contributed by atoms with Gasteiger partial charge in [-0.05, 0) is 36.5 Å². The molecule has 7 nitrogen and oxygen atoms in total. The molecular formula is C18H15BrN2O5. The Labute approximate surface area is 157 Å². The van der Waals surface area contributed by atoms with Gasteiger partial charge in [-0.15, -0.1) is 0 Å². The Morgan fingerprint density at radius 2 is 1.92 bits per heavy atom. The van der Waals surface area contributed by atoms with E-state index in [4.69, 9.17) is 9.84 Å². The molecule has 1 aromatic rings. The van der Waals surface area contributed by atoms with E-state index in [9.17, 15) is 14.4 Å². The average Bonchev–Trinajstić information content (AvgIpc) is 3.27. The molecule has 0 spiro atoms. The molecule has 8 heteroatoms. The lowest BCUT2D eigenvalue weighted by atomic mass is 9.85. The number of hydrazone groups is 1. The third-order valence-electron chi connectivity index (χ3n) is 5.08. The number of imide groups is 1. The van der Waals surface area contributed by atoms with Crippen LogP contribution in [0.5, 0.6) is 5.75 Å². The fourth-order valence-corrected chi connectivity index (χ4v) is 4.39. The number of amides is 2. The van der Waals surface area contributed by atoms with Crippen molar-refractivity contribution < 1.29 is 24.2 Å². The number of carboxylic acids is 1. The second kappa shape index (κ2) is 6.35. The van der Waals surface area contributed by atoms with Crippen LogP contribution in [0, 0.1) is 23.7 Å². The predicted molar refractivity (Wildman–Crippen MR) is 94.4 cm³/mol. The second-order valence-corrected chi connectivity index (χ2v) is 7.51. The smallest absolute Gasteiger partial charge is 0.341 e. The van der Waals surface area contributed by atoms with Crippen molar-refractivity contribution in [1.82, 2.24) is 5.01 Å². The van der Waals surface area contributed by atoms with Crippen LogP contribution >= 0.6 is 15.9 Å². The van der Waals surface area contributed by atoms with Crippen LogP contribution in [0.3, 0.4) is 0 Å². The van der Waals surface area contributed by atoms with Gasteiger partial charge < -0.3 is 9.84 Å². The highest BCUT2D eigenvalue weighted by molar-refractivity contribution is 9.10. The number of carbonyl (C=O) groups is 3. The largest absolute Gasteiger partial charge is 0.481 e. The standard InChI is InChI=1S/C18H15BrN2O5/c19-12-3-4-13(26-8-14(22)23)11(6-12)7-20-21-17(24)15-9-1-2-10(5-9)16(15)18(21)25/h1-4,6-7,9-10,15-16H,5,8H2,(H,22,23). The molecular weight excluding hydrogens is 404 g/mol. The average molecular weight is 419 g/mol. The first kappa shape index (κ1) is 17.0. The minimum Gasteiger partial charge on any atom is -0.481 e. The van der Waals surface area contributed by atoms with Gasteiger partial charge in [0, 0.05) is 10.0 Å². The zero-order valence-electron chi connectivity index (χ0n) is 13.5. The molecule has 2 amide bonds. The SMILES string of the molecule is O=C(O)COc1ccc(Br)cc1C=NN1C(=O)C2C3C=CC(C3)C2C1=O. The van der Waals surface area contributed by atoms with Crippen LogP contribution in [-0.4, -0.2) is 40.7 Å². The summed E-state index contributed by atoms with van der Waals surface area (Å²) in [6.45, 7) is -0.497. The van der Waals surface area contributed by atoms with E-state index in [1.807, 2.05) is 12.2 Å². The third kappa shape index (κ3) is 2.74. The van der Waals surface area contributed by atoms with Crippen LogP contribution in [-0.2, 0) is 14.4 Å². The molecule has 4 unspecified atom stereocenters. The number of rotatable bonds is 5. The first-order valence-electron chi connectivity index (χ1n) is 8.20. The summed E-state index contributed by atoms with van der Waals surface area (Å²) in [7, 11) is 0. The lowest BCUT2D eigenvalue weighted by molar-refractivity contribution is -0.141. The summed E-state index contributed by atoms with van der Waals surface area (Å²) in [4.78, 5) is 35.9. The molecule has 26 heavy (non-hydrogen) atoms. The maximum Gasteiger partial charge on any atom is 0.341 e. The van der Waals surface area contributed by atoms with E-state index in [2.05, 4.69) is 21.0 Å². The van der Waals surface area contributed by atoms with Gasteiger partial charge >= 0.3 is 5.97 Å². The zero-order chi connectivity index (χ0) is 18.4. The molecule has 2 bridgehead atoms. The topological polar surface area (TPSA) is 96.3 Å². The van der Waals surface area contributed by atoms with Crippen LogP contribution in [0.2, 0.25) is 0 Å². The summed E-state index contributed by atoms with van der Waals surface area (Å²) in [6, 6.07) is 4.98. The maximum absolute atomic E-state index is 12.6. The molecule has 1 heterocycles. The zero-order valence-corrected chi connectivity index (χ0v) is 15.1. The summed E-state index contributed by atoms with van der Waals surface area (Å²) >= 11 is 3.33. The Kier molecular flexibility index (Phi) is 4.14. The Morgan fingerprint density at radius 1 is 1.27 bits per heavy atom. The minimum atomic E-state index is -1.10. The molecule has 4 atom stereocenters. The van der Waals surface area contributed by atoms with Gasteiger partial charge in [0.1, 0.15) is 5.75 Å². The fourth-order valence-electron chi connectivity index (χ4n) is 4.01. The lowest BCUT2D eigenvalue weighted by Gasteiger charge is -2.13. The molecule has 0 aromatic heterocycles. The quantitative estimate of drug-likeness (QED) is 0.448. The highest BCUT2D eigenvalue weighted by atomic mass is 79.9. The second-order valence-electron chi connectivity index (χ2n) is 6.60. The van der Waals surface area contributed by atoms with E-state index in [1.165, 1.54) is 6.21 Å². The highest BCUT2D eigenvalue weighted by Gasteiger charge is 2.59. The molecule has 1 aliphatic heterocycles. The van der Waals surface area contributed by atoms with Crippen molar-refractivity contribution in [2.45, 2.75) is 6.42 Å². The van der Waals surface area contributed by atoms with Crippen LogP contribution in [0.4, 0.5) is 0 Å². The van der Waals surface area contributed by atoms with Crippen molar-refractivity contribution in [3.05, 3.63) is 40.4 Å². The van der Waals surface area contributed by atoms with E-state index in [0.717, 1.165) is 15.9 Å². The summed E-state index contributed by atoms with van der Waals surface area (Å²) in [5.74, 6) is -1.69. The van der Waals surface area contributed by atoms with Gasteiger partial charge in [0.15, 0.2) is 6.61 Å². The molecule has 3 aliphatic rings. The number of fused-ring (bicyclic) bond motifs is 5. The highest BCUT2D eigenvalue weighted by Crippen LogP contribution is 2.52. The number of hydrogen-bond donors (Lipinski definition) is 1. The van der Waals surface area contributed by atoms with Gasteiger partial charge in [0.2, 0.25) is 0 Å². The van der Waals surface area contributed by atoms with E-state index < -0.39 is 12.6 Å². The van der Waals surface area contributed by atoms with Crippen molar-refractivity contribution in [2.24, 2.45) is 28.8 Å². The van der Waals surface area contributed by atoms with E-state index in [1.54, 1.807) is 18.2 Å². The molecule has 134 valence electrons. The van der Waals surface area contributed by atoms with Crippen LogP contribution < -0.4 is 4.74 Å².